The van der Waals surface area contributed by atoms with Crippen molar-refractivity contribution in [2.45, 2.75) is 51.6 Å². The van der Waals surface area contributed by atoms with Gasteiger partial charge in [-0.05, 0) is 49.2 Å². The van der Waals surface area contributed by atoms with E-state index in [1.165, 1.54) is 35.8 Å². The third-order valence-electron chi connectivity index (χ3n) is 9.19. The molecule has 258 valence electrons. The molecule has 0 saturated carbocycles. The van der Waals surface area contributed by atoms with Crippen molar-refractivity contribution in [3.8, 4) is 5.75 Å². The highest BCUT2D eigenvalue weighted by Gasteiger charge is 2.40. The van der Waals surface area contributed by atoms with Crippen LogP contribution in [0.4, 0.5) is 30.5 Å². The molecular weight excluding hydrogens is 647 g/mol. The number of benzene rings is 1. The predicted octanol–water partition coefficient (Wildman–Crippen LogP) is 2.46. The van der Waals surface area contributed by atoms with Crippen molar-refractivity contribution in [1.82, 2.24) is 29.0 Å². The zero-order valence-corrected chi connectivity index (χ0v) is 26.8. The number of amides is 2. The van der Waals surface area contributed by atoms with Crippen LogP contribution in [0.5, 0.6) is 5.75 Å². The lowest BCUT2D eigenvalue weighted by molar-refractivity contribution is -0.137. The molecule has 2 atom stereocenters. The molecule has 0 radical (unpaired) electrons. The highest BCUT2D eigenvalue weighted by atomic mass is 19.4. The van der Waals surface area contributed by atoms with E-state index in [1.54, 1.807) is 9.47 Å². The largest absolute Gasteiger partial charge is 0.505 e. The van der Waals surface area contributed by atoms with Crippen molar-refractivity contribution in [3.63, 3.8) is 0 Å². The number of piperidine rings is 1. The highest BCUT2D eigenvalue weighted by Crippen LogP contribution is 2.33. The molecule has 2 N–H and O–H groups in total. The number of nitrogens with one attached hydrogen (secondary N) is 1. The molecule has 17 heteroatoms. The van der Waals surface area contributed by atoms with Crippen molar-refractivity contribution in [1.29, 1.82) is 0 Å². The van der Waals surface area contributed by atoms with Crippen LogP contribution in [0.2, 0.25) is 0 Å². The van der Waals surface area contributed by atoms with Crippen molar-refractivity contribution in [2.24, 2.45) is 0 Å². The number of anilines is 3. The number of rotatable bonds is 7. The average molecular weight is 682 g/mol. The third-order valence-corrected chi connectivity index (χ3v) is 9.19. The first-order chi connectivity index (χ1) is 23.4. The second-order valence-electron chi connectivity index (χ2n) is 12.4. The number of piperazine rings is 1. The zero-order valence-electron chi connectivity index (χ0n) is 26.8. The summed E-state index contributed by atoms with van der Waals surface area (Å²) in [5, 5.41) is 17.5. The Labute approximate surface area is 277 Å². The van der Waals surface area contributed by atoms with Gasteiger partial charge in [0, 0.05) is 57.6 Å². The normalized spacial score (nSPS) is 19.2. The zero-order chi connectivity index (χ0) is 34.6. The van der Waals surface area contributed by atoms with Gasteiger partial charge >= 0.3 is 6.18 Å². The first-order valence-electron chi connectivity index (χ1n) is 16.0. The molecule has 4 aliphatic heterocycles. The van der Waals surface area contributed by atoms with Crippen LogP contribution in [-0.4, -0.2) is 97.4 Å². The summed E-state index contributed by atoms with van der Waals surface area (Å²) in [6.45, 7) is 5.18. The summed E-state index contributed by atoms with van der Waals surface area (Å²) in [6.07, 6.45) is -1.72. The lowest BCUT2D eigenvalue weighted by atomic mass is 9.99. The van der Waals surface area contributed by atoms with Crippen LogP contribution in [0.25, 0.3) is 5.78 Å². The fraction of sp³-hybridized carbons (Fsp3) is 0.438. The number of carbonyl (C=O) groups excluding carboxylic acids is 2. The maximum Gasteiger partial charge on any atom is 0.416 e. The number of morpholine rings is 1. The second kappa shape index (κ2) is 12.4. The summed E-state index contributed by atoms with van der Waals surface area (Å²) < 4.78 is 48.3. The number of hydrogen-bond acceptors (Lipinski definition) is 10. The molecule has 49 heavy (non-hydrogen) atoms. The van der Waals surface area contributed by atoms with Crippen LogP contribution in [0.15, 0.2) is 41.3 Å². The fourth-order valence-electron chi connectivity index (χ4n) is 6.73. The van der Waals surface area contributed by atoms with Crippen LogP contribution in [0.3, 0.4) is 0 Å². The molecule has 3 aromatic heterocycles. The quantitative estimate of drug-likeness (QED) is 0.298. The Bertz CT molecular complexity index is 1990. The number of pyridine rings is 1. The van der Waals surface area contributed by atoms with Gasteiger partial charge in [-0.3, -0.25) is 14.4 Å². The Morgan fingerprint density at radius 1 is 1.08 bits per heavy atom. The third kappa shape index (κ3) is 6.02. The number of halogens is 3. The molecule has 2 bridgehead atoms. The molecule has 0 spiro atoms. The van der Waals surface area contributed by atoms with E-state index in [1.807, 2.05) is 16.7 Å². The molecular formula is C32H34F3N9O5. The van der Waals surface area contributed by atoms with E-state index in [-0.39, 0.29) is 73.4 Å². The molecule has 14 nitrogen and oxygen atoms in total. The van der Waals surface area contributed by atoms with Crippen LogP contribution in [0.1, 0.15) is 40.7 Å². The molecule has 4 fully saturated rings. The molecule has 7 heterocycles. The molecule has 4 aliphatic rings. The molecule has 8 rings (SSSR count). The minimum Gasteiger partial charge on any atom is -0.505 e. The van der Waals surface area contributed by atoms with E-state index in [9.17, 15) is 32.7 Å². The van der Waals surface area contributed by atoms with Crippen LogP contribution < -0.4 is 20.7 Å². The van der Waals surface area contributed by atoms with Gasteiger partial charge in [0.15, 0.2) is 5.69 Å². The summed E-state index contributed by atoms with van der Waals surface area (Å²) in [5.74, 6) is -0.703. The standard InChI is InChI=1S/C32H34F3N9O5/c1-3-23-27(40-9-11-41(12-10-40)28(47)26-24(45)5-4-8-36-26)29(48)44-31(38-30(39-44)42-15-20-14-21(16-42)49-20)43(23)17-25(46)37-22-7-6-19(13-18(22)2)32(33,34)35/h4-8,13,20-21,45H,3,9-12,14-17H2,1-2H3,(H,37,46). The molecule has 4 aromatic rings. The average Bonchev–Trinajstić information content (AvgIpc) is 3.52. The Kier molecular flexibility index (Phi) is 8.16. The summed E-state index contributed by atoms with van der Waals surface area (Å²) in [4.78, 5) is 54.9. The Morgan fingerprint density at radius 3 is 2.43 bits per heavy atom. The Morgan fingerprint density at radius 2 is 1.80 bits per heavy atom. The van der Waals surface area contributed by atoms with E-state index in [2.05, 4.69) is 15.4 Å². The van der Waals surface area contributed by atoms with E-state index in [0.29, 0.717) is 36.8 Å². The number of fused-ring (bicyclic) bond motifs is 3. The first-order valence-corrected chi connectivity index (χ1v) is 16.0. The van der Waals surface area contributed by atoms with Gasteiger partial charge in [-0.15, -0.1) is 5.10 Å². The van der Waals surface area contributed by atoms with Gasteiger partial charge in [0.05, 0.1) is 23.5 Å². The molecule has 1 aromatic carbocycles. The molecule has 2 unspecified atom stereocenters. The topological polar surface area (TPSA) is 150 Å². The first kappa shape index (κ1) is 32.4. The summed E-state index contributed by atoms with van der Waals surface area (Å²) >= 11 is 0. The number of aromatic nitrogens is 5. The number of aryl methyl sites for hydroxylation is 1. The fourth-order valence-corrected chi connectivity index (χ4v) is 6.73. The lowest BCUT2D eigenvalue weighted by Gasteiger charge is -2.46. The van der Waals surface area contributed by atoms with Crippen molar-refractivity contribution < 1.29 is 32.6 Å². The van der Waals surface area contributed by atoms with Crippen LogP contribution in [-0.2, 0) is 28.7 Å². The number of aromatic hydroxyl groups is 1. The second-order valence-corrected chi connectivity index (χ2v) is 12.4. The van der Waals surface area contributed by atoms with Gasteiger partial charge in [-0.2, -0.15) is 22.7 Å². The minimum absolute atomic E-state index is 0.0516. The van der Waals surface area contributed by atoms with Gasteiger partial charge in [0.2, 0.25) is 17.6 Å². The van der Waals surface area contributed by atoms with Crippen molar-refractivity contribution in [3.05, 3.63) is 69.4 Å². The predicted molar refractivity (Wildman–Crippen MR) is 171 cm³/mol. The van der Waals surface area contributed by atoms with E-state index >= 15 is 0 Å². The van der Waals surface area contributed by atoms with Gasteiger partial charge < -0.3 is 34.4 Å². The van der Waals surface area contributed by atoms with Crippen molar-refractivity contribution in [2.75, 3.05) is 54.4 Å². The minimum atomic E-state index is -4.52. The smallest absolute Gasteiger partial charge is 0.416 e. The number of ether oxygens (including phenoxy) is 1. The van der Waals surface area contributed by atoms with Crippen LogP contribution >= 0.6 is 0 Å². The molecule has 4 saturated heterocycles. The SMILES string of the molecule is CCc1c(N2CCN(C(=O)c3ncccc3O)CC2)c(=O)n2nc(N3CC4CC(C3)O4)nc2n1CC(=O)Nc1ccc(C(F)(F)F)cc1C. The van der Waals surface area contributed by atoms with Crippen LogP contribution in [0, 0.1) is 6.92 Å². The molecule has 2 amide bonds. The Hall–Kier alpha value is -5.19. The number of nitrogens with zero attached hydrogens (tertiary/aromatic N) is 8. The maximum atomic E-state index is 14.2. The number of alkyl halides is 3. The number of hydrogen-bond donors (Lipinski definition) is 2. The Balaban J connectivity index is 1.22. The van der Waals surface area contributed by atoms with Crippen molar-refractivity contribution >= 4 is 34.9 Å². The van der Waals surface area contributed by atoms with E-state index in [0.717, 1.165) is 18.6 Å². The maximum absolute atomic E-state index is 14.2. The van der Waals surface area contributed by atoms with Gasteiger partial charge in [0.1, 0.15) is 18.0 Å². The van der Waals surface area contributed by atoms with Gasteiger partial charge in [0.25, 0.3) is 11.5 Å². The molecule has 0 aliphatic carbocycles. The van der Waals surface area contributed by atoms with Gasteiger partial charge in [-0.1, -0.05) is 6.92 Å². The van der Waals surface area contributed by atoms with E-state index < -0.39 is 29.1 Å². The highest BCUT2D eigenvalue weighted by molar-refractivity contribution is 5.95. The van der Waals surface area contributed by atoms with E-state index in [4.69, 9.17) is 9.72 Å². The summed E-state index contributed by atoms with van der Waals surface area (Å²) in [7, 11) is 0. The lowest BCUT2D eigenvalue weighted by Crippen LogP contribution is -2.57. The summed E-state index contributed by atoms with van der Waals surface area (Å²) in [6, 6.07) is 6.02. The number of carbonyl (C=O) groups is 2. The summed E-state index contributed by atoms with van der Waals surface area (Å²) in [5.41, 5.74) is -0.0151. The monoisotopic (exact) mass is 681 g/mol. The van der Waals surface area contributed by atoms with Gasteiger partial charge in [-0.25, -0.2) is 4.98 Å².